The number of benzene rings is 1. The minimum absolute atomic E-state index is 0.0275. The second-order valence-corrected chi connectivity index (χ2v) is 17.7. The van der Waals surface area contributed by atoms with Crippen LogP contribution in [0.4, 0.5) is 0 Å². The second-order valence-electron chi connectivity index (χ2n) is 13.0. The molecule has 0 amide bonds. The molecule has 0 saturated carbocycles. The van der Waals surface area contributed by atoms with Crippen molar-refractivity contribution in [2.24, 2.45) is 5.92 Å². The van der Waals surface area contributed by atoms with E-state index in [2.05, 4.69) is 47.7 Å². The maximum absolute atomic E-state index is 12.5. The summed E-state index contributed by atoms with van der Waals surface area (Å²) in [5.41, 5.74) is 1.10. The van der Waals surface area contributed by atoms with Crippen LogP contribution >= 0.6 is 0 Å². The van der Waals surface area contributed by atoms with Gasteiger partial charge in [-0.2, -0.15) is 0 Å². The van der Waals surface area contributed by atoms with Crippen molar-refractivity contribution in [2.45, 2.75) is 135 Å². The molecule has 1 fully saturated rings. The summed E-state index contributed by atoms with van der Waals surface area (Å²) in [7, 11) is 1.64. The number of hydrogen-bond acceptors (Lipinski definition) is 6. The van der Waals surface area contributed by atoms with Crippen LogP contribution in [0.15, 0.2) is 24.3 Å². The van der Waals surface area contributed by atoms with E-state index >= 15 is 0 Å². The molecule has 39 heavy (non-hydrogen) atoms. The predicted molar refractivity (Wildman–Crippen MR) is 161 cm³/mol. The van der Waals surface area contributed by atoms with Crippen LogP contribution in [0, 0.1) is 5.92 Å². The first-order chi connectivity index (χ1) is 18.4. The largest absolute Gasteiger partial charge is 0.497 e. The fourth-order valence-electron chi connectivity index (χ4n) is 5.11. The number of carbonyl (C=O) groups is 1. The lowest BCUT2D eigenvalue weighted by Crippen LogP contribution is -2.44. The third kappa shape index (κ3) is 12.0. The molecular weight excluding hydrogens is 508 g/mol. The van der Waals surface area contributed by atoms with Crippen LogP contribution in [0.25, 0.3) is 0 Å². The first kappa shape index (κ1) is 34.0. The lowest BCUT2D eigenvalue weighted by molar-refractivity contribution is -0.138. The molecule has 0 aliphatic carbocycles. The first-order valence-electron chi connectivity index (χ1n) is 14.9. The van der Waals surface area contributed by atoms with Gasteiger partial charge in [0.15, 0.2) is 8.32 Å². The molecule has 1 aliphatic rings. The van der Waals surface area contributed by atoms with Gasteiger partial charge >= 0.3 is 0 Å². The molecule has 2 rings (SSSR count). The molecule has 1 aromatic rings. The Hall–Kier alpha value is -1.25. The zero-order chi connectivity index (χ0) is 29.1. The van der Waals surface area contributed by atoms with Crippen molar-refractivity contribution in [2.75, 3.05) is 20.8 Å². The highest BCUT2D eigenvalue weighted by molar-refractivity contribution is 6.74. The summed E-state index contributed by atoms with van der Waals surface area (Å²) >= 11 is 0. The molecule has 0 radical (unpaired) electrons. The van der Waals surface area contributed by atoms with Gasteiger partial charge in [-0.25, -0.2) is 0 Å². The van der Waals surface area contributed by atoms with Gasteiger partial charge in [0.25, 0.3) is 0 Å². The number of rotatable bonds is 17. The van der Waals surface area contributed by atoms with E-state index in [-0.39, 0.29) is 29.5 Å². The van der Waals surface area contributed by atoms with Crippen LogP contribution in [0.5, 0.6) is 5.75 Å². The van der Waals surface area contributed by atoms with Crippen molar-refractivity contribution < 1.29 is 28.2 Å². The Labute approximate surface area is 239 Å². The molecule has 1 saturated heterocycles. The second kappa shape index (κ2) is 16.3. The first-order valence-corrected chi connectivity index (χ1v) is 17.9. The quantitative estimate of drug-likeness (QED) is 0.142. The molecule has 7 heteroatoms. The Morgan fingerprint density at radius 2 is 1.69 bits per heavy atom. The van der Waals surface area contributed by atoms with E-state index in [0.717, 1.165) is 49.8 Å². The van der Waals surface area contributed by atoms with Gasteiger partial charge in [-0.15, -0.1) is 0 Å². The lowest BCUT2D eigenvalue weighted by atomic mass is 9.90. The molecular formula is C32H56O6Si. The smallest absolute Gasteiger partial charge is 0.192 e. The van der Waals surface area contributed by atoms with E-state index in [4.69, 9.17) is 23.4 Å². The average Bonchev–Trinajstić information content (AvgIpc) is 2.85. The van der Waals surface area contributed by atoms with Crippen molar-refractivity contribution in [3.05, 3.63) is 29.8 Å². The Bertz CT molecular complexity index is 834. The summed E-state index contributed by atoms with van der Waals surface area (Å²) in [4.78, 5) is 12.5. The molecule has 0 spiro atoms. The molecule has 0 N–H and O–H groups in total. The third-order valence-corrected chi connectivity index (χ3v) is 12.9. The van der Waals surface area contributed by atoms with E-state index in [0.29, 0.717) is 37.8 Å². The third-order valence-electron chi connectivity index (χ3n) is 8.38. The number of ketones is 1. The zero-order valence-corrected chi connectivity index (χ0v) is 27.2. The maximum atomic E-state index is 12.5. The van der Waals surface area contributed by atoms with Crippen LogP contribution in [0.3, 0.4) is 0 Å². The van der Waals surface area contributed by atoms with Gasteiger partial charge in [0, 0.05) is 32.7 Å². The van der Waals surface area contributed by atoms with Gasteiger partial charge in [-0.3, -0.25) is 4.79 Å². The van der Waals surface area contributed by atoms with E-state index in [1.807, 2.05) is 31.4 Å². The van der Waals surface area contributed by atoms with Gasteiger partial charge in [-0.05, 0) is 73.9 Å². The molecule has 0 aromatic heterocycles. The summed E-state index contributed by atoms with van der Waals surface area (Å²) in [6, 6.07) is 7.89. The van der Waals surface area contributed by atoms with Gasteiger partial charge in [0.05, 0.1) is 32.0 Å². The summed E-state index contributed by atoms with van der Waals surface area (Å²) in [5.74, 6) is 1.53. The van der Waals surface area contributed by atoms with Crippen LogP contribution in [-0.2, 0) is 30.0 Å². The van der Waals surface area contributed by atoms with Crippen molar-refractivity contribution in [1.82, 2.24) is 0 Å². The standard InChI is InChI=1S/C32H56O6Si/c1-10-11-29(38-39(8,9)32(3,4)5)22-30(35-7)18-24(2)19-31-21-26(33)20-28(37-31)16-17-36-23-25-12-14-27(34-6)15-13-25/h12-15,24,28-31H,10-11,16-23H2,1-9H3/t24-,28-,29-,30-,31+/m0/s1. The molecule has 1 heterocycles. The van der Waals surface area contributed by atoms with Crippen molar-refractivity contribution >= 4 is 14.1 Å². The van der Waals surface area contributed by atoms with Gasteiger partial charge in [0.1, 0.15) is 11.5 Å². The Morgan fingerprint density at radius 1 is 1.03 bits per heavy atom. The molecule has 1 aromatic carbocycles. The van der Waals surface area contributed by atoms with E-state index in [9.17, 15) is 4.79 Å². The number of Topliss-reactive ketones (excluding diaryl/α,β-unsaturated/α-hetero) is 1. The molecule has 0 unspecified atom stereocenters. The monoisotopic (exact) mass is 564 g/mol. The summed E-state index contributed by atoms with van der Waals surface area (Å²) in [5, 5.41) is 0.191. The number of methoxy groups -OCH3 is 2. The van der Waals surface area contributed by atoms with Crippen molar-refractivity contribution in [3.63, 3.8) is 0 Å². The van der Waals surface area contributed by atoms with Gasteiger partial charge in [-0.1, -0.05) is 53.2 Å². The van der Waals surface area contributed by atoms with E-state index in [1.54, 1.807) is 7.11 Å². The van der Waals surface area contributed by atoms with Crippen LogP contribution in [-0.4, -0.2) is 59.3 Å². The fraction of sp³-hybridized carbons (Fsp3) is 0.781. The molecule has 224 valence electrons. The Balaban J connectivity index is 1.81. The van der Waals surface area contributed by atoms with Crippen LogP contribution in [0.1, 0.15) is 91.5 Å². The number of hydrogen-bond donors (Lipinski definition) is 0. The highest BCUT2D eigenvalue weighted by atomic mass is 28.4. The van der Waals surface area contributed by atoms with Gasteiger partial charge in [0.2, 0.25) is 0 Å². The SMILES string of the molecule is CCC[C@@H](C[C@H](C[C@H](C)C[C@@H]1CC(=O)C[C@H](CCOCc2ccc(OC)cc2)O1)OC)O[Si](C)(C)C(C)(C)C. The lowest BCUT2D eigenvalue weighted by Gasteiger charge is -2.40. The minimum atomic E-state index is -1.84. The maximum Gasteiger partial charge on any atom is 0.192 e. The van der Waals surface area contributed by atoms with Crippen molar-refractivity contribution in [1.29, 1.82) is 0 Å². The van der Waals surface area contributed by atoms with E-state index < -0.39 is 8.32 Å². The van der Waals surface area contributed by atoms with E-state index in [1.165, 1.54) is 0 Å². The summed E-state index contributed by atoms with van der Waals surface area (Å²) < 4.78 is 30.2. The summed E-state index contributed by atoms with van der Waals surface area (Å²) in [6.45, 7) is 17.1. The number of ether oxygens (including phenoxy) is 4. The zero-order valence-electron chi connectivity index (χ0n) is 26.2. The highest BCUT2D eigenvalue weighted by Crippen LogP contribution is 2.38. The average molecular weight is 565 g/mol. The normalized spacial score (nSPS) is 21.0. The molecule has 6 nitrogen and oxygen atoms in total. The van der Waals surface area contributed by atoms with Gasteiger partial charge < -0.3 is 23.4 Å². The fourth-order valence-corrected chi connectivity index (χ4v) is 6.51. The molecule has 0 bridgehead atoms. The summed E-state index contributed by atoms with van der Waals surface area (Å²) in [6.07, 6.45) is 6.90. The molecule has 1 aliphatic heterocycles. The Kier molecular flexibility index (Phi) is 14.2. The predicted octanol–water partition coefficient (Wildman–Crippen LogP) is 7.73. The number of carbonyl (C=O) groups excluding carboxylic acids is 1. The molecule has 5 atom stereocenters. The topological polar surface area (TPSA) is 63.2 Å². The minimum Gasteiger partial charge on any atom is -0.497 e. The van der Waals surface area contributed by atoms with Crippen LogP contribution < -0.4 is 4.74 Å². The van der Waals surface area contributed by atoms with Crippen molar-refractivity contribution in [3.8, 4) is 5.75 Å². The van der Waals surface area contributed by atoms with Crippen LogP contribution in [0.2, 0.25) is 18.1 Å². The Morgan fingerprint density at radius 3 is 2.28 bits per heavy atom. The highest BCUT2D eigenvalue weighted by Gasteiger charge is 2.39.